The van der Waals surface area contributed by atoms with Gasteiger partial charge in [0.1, 0.15) is 0 Å². The van der Waals surface area contributed by atoms with Gasteiger partial charge in [-0.25, -0.2) is 0 Å². The Morgan fingerprint density at radius 2 is 1.68 bits per heavy atom. The SMILES string of the molecule is CCCCc1ccccc1CCCCn1cccn1. The quantitative estimate of drug-likeness (QED) is 0.646. The van der Waals surface area contributed by atoms with Gasteiger partial charge in [0, 0.05) is 18.9 Å². The minimum absolute atomic E-state index is 1.03. The van der Waals surface area contributed by atoms with Crippen LogP contribution < -0.4 is 0 Å². The molecule has 0 aliphatic carbocycles. The molecule has 0 atom stereocenters. The molecule has 1 heterocycles. The normalized spacial score (nSPS) is 10.8. The molecule has 0 saturated heterocycles. The molecule has 2 rings (SSSR count). The average Bonchev–Trinajstić information content (AvgIpc) is 2.95. The van der Waals surface area contributed by atoms with Crippen molar-refractivity contribution in [2.24, 2.45) is 0 Å². The molecule has 2 heteroatoms. The Morgan fingerprint density at radius 3 is 2.32 bits per heavy atom. The lowest BCUT2D eigenvalue weighted by molar-refractivity contribution is 0.557. The maximum Gasteiger partial charge on any atom is 0.0489 e. The van der Waals surface area contributed by atoms with Crippen LogP contribution in [0.5, 0.6) is 0 Å². The molecule has 0 saturated carbocycles. The molecule has 1 aromatic heterocycles. The number of rotatable bonds is 8. The van der Waals surface area contributed by atoms with Gasteiger partial charge in [-0.15, -0.1) is 0 Å². The van der Waals surface area contributed by atoms with E-state index in [2.05, 4.69) is 36.3 Å². The van der Waals surface area contributed by atoms with Crippen LogP contribution in [0.2, 0.25) is 0 Å². The Morgan fingerprint density at radius 1 is 0.947 bits per heavy atom. The summed E-state index contributed by atoms with van der Waals surface area (Å²) in [6.45, 7) is 3.29. The van der Waals surface area contributed by atoms with Gasteiger partial charge in [-0.3, -0.25) is 4.68 Å². The molecule has 0 fully saturated rings. The van der Waals surface area contributed by atoms with Gasteiger partial charge in [0.15, 0.2) is 0 Å². The zero-order valence-corrected chi connectivity index (χ0v) is 11.9. The van der Waals surface area contributed by atoms with E-state index < -0.39 is 0 Å². The Balaban J connectivity index is 1.78. The Kier molecular flexibility index (Phi) is 5.67. The molecular formula is C17H24N2. The van der Waals surface area contributed by atoms with Gasteiger partial charge in [0.25, 0.3) is 0 Å². The van der Waals surface area contributed by atoms with Crippen molar-refractivity contribution in [3.63, 3.8) is 0 Å². The molecule has 0 bridgehead atoms. The monoisotopic (exact) mass is 256 g/mol. The minimum Gasteiger partial charge on any atom is -0.273 e. The van der Waals surface area contributed by atoms with Crippen LogP contribution in [0, 0.1) is 0 Å². The molecule has 102 valence electrons. The summed E-state index contributed by atoms with van der Waals surface area (Å²) in [5.41, 5.74) is 3.08. The zero-order valence-electron chi connectivity index (χ0n) is 11.9. The lowest BCUT2D eigenvalue weighted by Crippen LogP contribution is -2.00. The summed E-state index contributed by atoms with van der Waals surface area (Å²) >= 11 is 0. The highest BCUT2D eigenvalue weighted by Crippen LogP contribution is 2.15. The van der Waals surface area contributed by atoms with E-state index in [4.69, 9.17) is 0 Å². The standard InChI is InChI=1S/C17H24N2/c1-2-3-9-16-10-4-5-11-17(16)12-6-7-14-19-15-8-13-18-19/h4-5,8,10-11,13,15H,2-3,6-7,9,12,14H2,1H3. The highest BCUT2D eigenvalue weighted by molar-refractivity contribution is 5.27. The number of nitrogens with zero attached hydrogens (tertiary/aromatic N) is 2. The van der Waals surface area contributed by atoms with Crippen molar-refractivity contribution in [2.75, 3.05) is 0 Å². The predicted octanol–water partition coefficient (Wildman–Crippen LogP) is 4.25. The van der Waals surface area contributed by atoms with Gasteiger partial charge in [-0.2, -0.15) is 5.10 Å². The van der Waals surface area contributed by atoms with Gasteiger partial charge in [-0.05, 0) is 49.3 Å². The largest absolute Gasteiger partial charge is 0.273 e. The van der Waals surface area contributed by atoms with Crippen molar-refractivity contribution < 1.29 is 0 Å². The van der Waals surface area contributed by atoms with Gasteiger partial charge < -0.3 is 0 Å². The van der Waals surface area contributed by atoms with Gasteiger partial charge in [0.05, 0.1) is 0 Å². The number of hydrogen-bond donors (Lipinski definition) is 0. The van der Waals surface area contributed by atoms with E-state index in [1.807, 2.05) is 23.1 Å². The van der Waals surface area contributed by atoms with Gasteiger partial charge >= 0.3 is 0 Å². The van der Waals surface area contributed by atoms with Crippen molar-refractivity contribution in [1.29, 1.82) is 0 Å². The van der Waals surface area contributed by atoms with Crippen LogP contribution in [-0.4, -0.2) is 9.78 Å². The summed E-state index contributed by atoms with van der Waals surface area (Å²) in [6, 6.07) is 10.9. The van der Waals surface area contributed by atoms with Crippen LogP contribution in [0.3, 0.4) is 0 Å². The van der Waals surface area contributed by atoms with E-state index in [-0.39, 0.29) is 0 Å². The highest BCUT2D eigenvalue weighted by atomic mass is 15.3. The molecule has 0 amide bonds. The first kappa shape index (κ1) is 13.9. The molecule has 0 radical (unpaired) electrons. The van der Waals surface area contributed by atoms with Crippen molar-refractivity contribution in [1.82, 2.24) is 9.78 Å². The van der Waals surface area contributed by atoms with Crippen LogP contribution >= 0.6 is 0 Å². The summed E-state index contributed by atoms with van der Waals surface area (Å²) < 4.78 is 2.02. The molecule has 0 spiro atoms. The fourth-order valence-electron chi connectivity index (χ4n) is 2.43. The molecule has 0 aliphatic heterocycles. The van der Waals surface area contributed by atoms with Crippen molar-refractivity contribution >= 4 is 0 Å². The number of hydrogen-bond acceptors (Lipinski definition) is 1. The topological polar surface area (TPSA) is 17.8 Å². The predicted molar refractivity (Wildman–Crippen MR) is 80.2 cm³/mol. The smallest absolute Gasteiger partial charge is 0.0489 e. The highest BCUT2D eigenvalue weighted by Gasteiger charge is 2.01. The summed E-state index contributed by atoms with van der Waals surface area (Å²) in [5.74, 6) is 0. The summed E-state index contributed by atoms with van der Waals surface area (Å²) in [7, 11) is 0. The maximum absolute atomic E-state index is 4.24. The minimum atomic E-state index is 1.03. The summed E-state index contributed by atoms with van der Waals surface area (Å²) in [6.07, 6.45) is 11.3. The Labute approximate surface area is 116 Å². The molecule has 0 aliphatic rings. The molecule has 0 unspecified atom stereocenters. The Bertz CT molecular complexity index is 460. The molecule has 1 aromatic carbocycles. The van der Waals surface area contributed by atoms with Crippen LogP contribution in [0.25, 0.3) is 0 Å². The van der Waals surface area contributed by atoms with Gasteiger partial charge in [0.2, 0.25) is 0 Å². The molecule has 0 N–H and O–H groups in total. The second kappa shape index (κ2) is 7.78. The lowest BCUT2D eigenvalue weighted by atomic mass is 9.98. The third kappa shape index (κ3) is 4.55. The fraction of sp³-hybridized carbons (Fsp3) is 0.471. The molecule has 2 nitrogen and oxygen atoms in total. The van der Waals surface area contributed by atoms with E-state index in [0.717, 1.165) is 6.54 Å². The zero-order chi connectivity index (χ0) is 13.3. The van der Waals surface area contributed by atoms with Crippen molar-refractivity contribution in [2.45, 2.75) is 52.0 Å². The van der Waals surface area contributed by atoms with E-state index in [1.54, 1.807) is 5.56 Å². The maximum atomic E-state index is 4.24. The second-order valence-corrected chi connectivity index (χ2v) is 5.10. The first-order chi connectivity index (χ1) is 9.40. The molecule has 19 heavy (non-hydrogen) atoms. The summed E-state index contributed by atoms with van der Waals surface area (Å²) in [5, 5.41) is 4.24. The average molecular weight is 256 g/mol. The van der Waals surface area contributed by atoms with Crippen molar-refractivity contribution in [3.8, 4) is 0 Å². The van der Waals surface area contributed by atoms with Gasteiger partial charge in [-0.1, -0.05) is 37.6 Å². The van der Waals surface area contributed by atoms with E-state index in [1.165, 1.54) is 44.1 Å². The second-order valence-electron chi connectivity index (χ2n) is 5.10. The first-order valence-electron chi connectivity index (χ1n) is 7.44. The van der Waals surface area contributed by atoms with Crippen molar-refractivity contribution in [3.05, 3.63) is 53.9 Å². The number of benzene rings is 1. The number of aryl methyl sites for hydroxylation is 3. The molecule has 2 aromatic rings. The summed E-state index contributed by atoms with van der Waals surface area (Å²) in [4.78, 5) is 0. The van der Waals surface area contributed by atoms with Crippen LogP contribution in [0.15, 0.2) is 42.7 Å². The van der Waals surface area contributed by atoms with Crippen LogP contribution in [0.4, 0.5) is 0 Å². The lowest BCUT2D eigenvalue weighted by Gasteiger charge is -2.09. The fourth-order valence-corrected chi connectivity index (χ4v) is 2.43. The Hall–Kier alpha value is -1.57. The third-order valence-electron chi connectivity index (χ3n) is 3.56. The van der Waals surface area contributed by atoms with E-state index in [9.17, 15) is 0 Å². The number of aromatic nitrogens is 2. The van der Waals surface area contributed by atoms with E-state index >= 15 is 0 Å². The van der Waals surface area contributed by atoms with E-state index in [0.29, 0.717) is 0 Å². The molecular weight excluding hydrogens is 232 g/mol. The first-order valence-corrected chi connectivity index (χ1v) is 7.44. The third-order valence-corrected chi connectivity index (χ3v) is 3.56. The van der Waals surface area contributed by atoms with Crippen LogP contribution in [-0.2, 0) is 19.4 Å². The van der Waals surface area contributed by atoms with Crippen LogP contribution in [0.1, 0.15) is 43.7 Å². The number of unbranched alkanes of at least 4 members (excludes halogenated alkanes) is 2.